The van der Waals surface area contributed by atoms with Gasteiger partial charge in [-0.2, -0.15) is 0 Å². The maximum Gasteiger partial charge on any atom is 0.248 e. The number of likely N-dealkylation sites (tertiary alicyclic amines) is 1. The lowest BCUT2D eigenvalue weighted by Crippen LogP contribution is -2.44. The second-order valence-corrected chi connectivity index (χ2v) is 9.77. The molecule has 2 heterocycles. The van der Waals surface area contributed by atoms with Crippen LogP contribution in [-0.2, 0) is 9.59 Å². The summed E-state index contributed by atoms with van der Waals surface area (Å²) in [5.41, 5.74) is 2.08. The predicted molar refractivity (Wildman–Crippen MR) is 113 cm³/mol. The molecular weight excluding hydrogens is 370 g/mol. The van der Waals surface area contributed by atoms with Crippen LogP contribution in [0.5, 0.6) is 0 Å². The Morgan fingerprint density at radius 3 is 2.75 bits per heavy atom. The first kappa shape index (κ1) is 19.1. The summed E-state index contributed by atoms with van der Waals surface area (Å²) < 4.78 is 1.04. The molecule has 1 aromatic carbocycles. The molecule has 5 nitrogen and oxygen atoms in total. The van der Waals surface area contributed by atoms with Crippen LogP contribution in [0.3, 0.4) is 0 Å². The van der Waals surface area contributed by atoms with Crippen LogP contribution < -0.4 is 5.32 Å². The van der Waals surface area contributed by atoms with Gasteiger partial charge in [-0.05, 0) is 50.2 Å². The minimum absolute atomic E-state index is 0.0294. The van der Waals surface area contributed by atoms with Crippen LogP contribution in [0.1, 0.15) is 40.5 Å². The third-order valence-corrected chi connectivity index (χ3v) is 7.00. The largest absolute Gasteiger partial charge is 0.330 e. The average molecular weight is 398 g/mol. The summed E-state index contributed by atoms with van der Waals surface area (Å²) in [7, 11) is 0. The maximum atomic E-state index is 13.2. The van der Waals surface area contributed by atoms with Crippen LogP contribution in [0.2, 0.25) is 0 Å². The fraction of sp³-hybridized carbons (Fsp3) is 0.500. The average Bonchev–Trinajstić information content (AvgIpc) is 3.06. The second kappa shape index (κ2) is 6.99. The summed E-state index contributed by atoms with van der Waals surface area (Å²) in [6, 6.07) is 7.43. The lowest BCUT2D eigenvalue weighted by molar-refractivity contribution is -0.138. The Hall–Kier alpha value is -2.21. The molecule has 0 bridgehead atoms. The van der Waals surface area contributed by atoms with Gasteiger partial charge >= 0.3 is 0 Å². The van der Waals surface area contributed by atoms with Crippen molar-refractivity contribution in [3.05, 3.63) is 35.9 Å². The SMILES string of the molecule is CC(C)=C[C@@H]1[C@H](C(=O)N2CCC[C@@H]2C(=O)Nc2nc3ccccc3s2)C1(C)C. The van der Waals surface area contributed by atoms with E-state index in [1.165, 1.54) is 16.9 Å². The summed E-state index contributed by atoms with van der Waals surface area (Å²) in [5, 5.41) is 3.54. The molecule has 3 atom stereocenters. The Kier molecular flexibility index (Phi) is 4.78. The van der Waals surface area contributed by atoms with Crippen molar-refractivity contribution in [1.82, 2.24) is 9.88 Å². The normalized spacial score (nSPS) is 25.6. The van der Waals surface area contributed by atoms with Crippen molar-refractivity contribution >= 4 is 38.5 Å². The molecule has 1 saturated heterocycles. The van der Waals surface area contributed by atoms with Crippen molar-refractivity contribution < 1.29 is 9.59 Å². The maximum absolute atomic E-state index is 13.2. The van der Waals surface area contributed by atoms with Gasteiger partial charge in [-0.1, -0.05) is 49.0 Å². The number of hydrogen-bond donors (Lipinski definition) is 1. The molecule has 0 spiro atoms. The summed E-state index contributed by atoms with van der Waals surface area (Å²) >= 11 is 1.47. The van der Waals surface area contributed by atoms with Gasteiger partial charge in [0.2, 0.25) is 11.8 Å². The van der Waals surface area contributed by atoms with E-state index in [2.05, 4.69) is 44.1 Å². The van der Waals surface area contributed by atoms with Gasteiger partial charge in [0.25, 0.3) is 0 Å². The van der Waals surface area contributed by atoms with Crippen LogP contribution in [0, 0.1) is 17.3 Å². The van der Waals surface area contributed by atoms with Crippen molar-refractivity contribution in [3.8, 4) is 0 Å². The third-order valence-electron chi connectivity index (χ3n) is 6.05. The highest BCUT2D eigenvalue weighted by Crippen LogP contribution is 2.60. The topological polar surface area (TPSA) is 62.3 Å². The zero-order chi connectivity index (χ0) is 20.1. The van der Waals surface area contributed by atoms with Crippen LogP contribution >= 0.6 is 11.3 Å². The fourth-order valence-electron chi connectivity index (χ4n) is 4.42. The number of carbonyl (C=O) groups is 2. The molecule has 1 saturated carbocycles. The number of amides is 2. The number of para-hydroxylation sites is 1. The summed E-state index contributed by atoms with van der Waals surface area (Å²) in [6.45, 7) is 9.09. The number of thiazole rings is 1. The highest BCUT2D eigenvalue weighted by molar-refractivity contribution is 7.22. The van der Waals surface area contributed by atoms with Crippen molar-refractivity contribution in [2.45, 2.75) is 46.6 Å². The molecule has 2 amide bonds. The monoisotopic (exact) mass is 397 g/mol. The van der Waals surface area contributed by atoms with Crippen LogP contribution in [-0.4, -0.2) is 34.3 Å². The van der Waals surface area contributed by atoms with Gasteiger partial charge in [-0.3, -0.25) is 9.59 Å². The molecule has 148 valence electrons. The highest BCUT2D eigenvalue weighted by atomic mass is 32.1. The van der Waals surface area contributed by atoms with Crippen molar-refractivity contribution in [2.75, 3.05) is 11.9 Å². The molecule has 4 rings (SSSR count). The van der Waals surface area contributed by atoms with Crippen LogP contribution in [0.4, 0.5) is 5.13 Å². The summed E-state index contributed by atoms with van der Waals surface area (Å²) in [4.78, 5) is 32.4. The standard InChI is InChI=1S/C22H27N3O2S/c1-13(2)12-14-18(22(14,3)4)20(27)25-11-7-9-16(25)19(26)24-21-23-15-8-5-6-10-17(15)28-21/h5-6,8,10,12,14,16,18H,7,9,11H2,1-4H3,(H,23,24,26)/t14-,16-,18-/m1/s1. The number of rotatable bonds is 4. The van der Waals surface area contributed by atoms with Gasteiger partial charge < -0.3 is 10.2 Å². The molecule has 0 radical (unpaired) electrons. The van der Waals surface area contributed by atoms with Gasteiger partial charge in [0, 0.05) is 6.54 Å². The Morgan fingerprint density at radius 2 is 2.04 bits per heavy atom. The molecule has 1 aromatic heterocycles. The lowest BCUT2D eigenvalue weighted by Gasteiger charge is -2.24. The number of nitrogens with zero attached hydrogens (tertiary/aromatic N) is 2. The Morgan fingerprint density at radius 1 is 1.29 bits per heavy atom. The molecule has 1 N–H and O–H groups in total. The third kappa shape index (κ3) is 3.34. The summed E-state index contributed by atoms with van der Waals surface area (Å²) in [6.07, 6.45) is 3.78. The first-order valence-corrected chi connectivity index (χ1v) is 10.7. The van der Waals surface area contributed by atoms with Crippen LogP contribution in [0.25, 0.3) is 10.2 Å². The number of aromatic nitrogens is 1. The first-order chi connectivity index (χ1) is 13.3. The zero-order valence-electron chi connectivity index (χ0n) is 16.9. The van der Waals surface area contributed by atoms with E-state index in [4.69, 9.17) is 0 Å². The molecule has 28 heavy (non-hydrogen) atoms. The quantitative estimate of drug-likeness (QED) is 0.775. The van der Waals surface area contributed by atoms with Crippen molar-refractivity contribution in [2.24, 2.45) is 17.3 Å². The minimum Gasteiger partial charge on any atom is -0.330 e. The van der Waals surface area contributed by atoms with E-state index in [9.17, 15) is 9.59 Å². The molecule has 6 heteroatoms. The number of allylic oxidation sites excluding steroid dienone is 2. The van der Waals surface area contributed by atoms with E-state index < -0.39 is 6.04 Å². The number of nitrogens with one attached hydrogen (secondary N) is 1. The molecule has 1 aliphatic heterocycles. The smallest absolute Gasteiger partial charge is 0.248 e. The minimum atomic E-state index is -0.400. The lowest BCUT2D eigenvalue weighted by atomic mass is 10.1. The van der Waals surface area contributed by atoms with Gasteiger partial charge in [0.1, 0.15) is 6.04 Å². The Labute approximate surface area is 169 Å². The van der Waals surface area contributed by atoms with Crippen molar-refractivity contribution in [1.29, 1.82) is 0 Å². The summed E-state index contributed by atoms with van der Waals surface area (Å²) in [5.74, 6) is 0.230. The number of benzene rings is 1. The highest BCUT2D eigenvalue weighted by Gasteiger charge is 2.62. The zero-order valence-corrected chi connectivity index (χ0v) is 17.7. The van der Waals surface area contributed by atoms with E-state index in [0.717, 1.165) is 16.6 Å². The van der Waals surface area contributed by atoms with Gasteiger partial charge in [0.05, 0.1) is 16.1 Å². The number of anilines is 1. The number of fused-ring (bicyclic) bond motifs is 1. The molecule has 2 aliphatic rings. The van der Waals surface area contributed by atoms with Gasteiger partial charge in [-0.25, -0.2) is 4.98 Å². The fourth-order valence-corrected chi connectivity index (χ4v) is 5.28. The van der Waals surface area contributed by atoms with E-state index in [1.54, 1.807) is 4.90 Å². The van der Waals surface area contributed by atoms with E-state index in [-0.39, 0.29) is 29.1 Å². The predicted octanol–water partition coefficient (Wildman–Crippen LogP) is 4.46. The molecule has 0 unspecified atom stereocenters. The molecular formula is C22H27N3O2S. The van der Waals surface area contributed by atoms with Crippen molar-refractivity contribution in [3.63, 3.8) is 0 Å². The number of carbonyl (C=O) groups excluding carboxylic acids is 2. The molecule has 1 aliphatic carbocycles. The van der Waals surface area contributed by atoms with E-state index >= 15 is 0 Å². The van der Waals surface area contributed by atoms with E-state index in [0.29, 0.717) is 18.1 Å². The Balaban J connectivity index is 1.48. The van der Waals surface area contributed by atoms with Gasteiger partial charge in [0.15, 0.2) is 5.13 Å². The van der Waals surface area contributed by atoms with E-state index in [1.807, 2.05) is 24.3 Å². The van der Waals surface area contributed by atoms with Gasteiger partial charge in [-0.15, -0.1) is 0 Å². The molecule has 2 aromatic rings. The second-order valence-electron chi connectivity index (χ2n) is 8.73. The first-order valence-electron chi connectivity index (χ1n) is 9.91. The van der Waals surface area contributed by atoms with Crippen LogP contribution in [0.15, 0.2) is 35.9 Å². The Bertz CT molecular complexity index is 925. The number of hydrogen-bond acceptors (Lipinski definition) is 4. The molecule has 2 fully saturated rings.